The minimum absolute atomic E-state index is 0.0372. The zero-order chi connectivity index (χ0) is 24.0. The summed E-state index contributed by atoms with van der Waals surface area (Å²) in [6, 6.07) is 0.158. The van der Waals surface area contributed by atoms with E-state index in [9.17, 15) is 4.79 Å². The number of rotatable bonds is 5. The molecule has 5 rings (SSSR count). The van der Waals surface area contributed by atoms with E-state index >= 15 is 0 Å². The van der Waals surface area contributed by atoms with Gasteiger partial charge in [-0.05, 0) is 44.6 Å². The monoisotopic (exact) mass is 459 g/mol. The number of nitrogens with one attached hydrogen (secondary N) is 1. The predicted molar refractivity (Wildman–Crippen MR) is 129 cm³/mol. The van der Waals surface area contributed by atoms with Crippen LogP contribution < -0.4 is 5.32 Å². The Morgan fingerprint density at radius 3 is 2.65 bits per heavy atom. The first-order valence-electron chi connectivity index (χ1n) is 11.8. The average Bonchev–Trinajstić information content (AvgIpc) is 3.39. The molecule has 0 saturated heterocycles. The molecular formula is C24H29N9O. The summed E-state index contributed by atoms with van der Waals surface area (Å²) in [6.07, 6.45) is 7.61. The highest BCUT2D eigenvalue weighted by atomic mass is 16.2. The first-order valence-corrected chi connectivity index (χ1v) is 11.8. The summed E-state index contributed by atoms with van der Waals surface area (Å²) in [6.45, 7) is 10.4. The van der Waals surface area contributed by atoms with Crippen LogP contribution in [0, 0.1) is 6.92 Å². The van der Waals surface area contributed by atoms with Crippen LogP contribution in [0.5, 0.6) is 0 Å². The number of carbonyl (C=O) groups excluding carboxylic acids is 1. The predicted octanol–water partition coefficient (Wildman–Crippen LogP) is 3.56. The minimum atomic E-state index is -0.0372. The summed E-state index contributed by atoms with van der Waals surface area (Å²) in [5.41, 5.74) is 5.57. The molecule has 4 aromatic rings. The van der Waals surface area contributed by atoms with E-state index in [1.807, 2.05) is 6.92 Å². The molecule has 10 heteroatoms. The molecule has 1 N–H and O–H groups in total. The number of aromatic nitrogens is 8. The van der Waals surface area contributed by atoms with Gasteiger partial charge in [-0.15, -0.1) is 0 Å². The summed E-state index contributed by atoms with van der Waals surface area (Å²) >= 11 is 0. The van der Waals surface area contributed by atoms with Crippen molar-refractivity contribution in [3.05, 3.63) is 41.5 Å². The summed E-state index contributed by atoms with van der Waals surface area (Å²) in [5.74, 6) is 2.42. The fraction of sp³-hybridized carbons (Fsp3) is 0.458. The van der Waals surface area contributed by atoms with Crippen molar-refractivity contribution in [2.75, 3.05) is 5.32 Å². The van der Waals surface area contributed by atoms with Crippen molar-refractivity contribution in [1.29, 1.82) is 0 Å². The van der Waals surface area contributed by atoms with Crippen molar-refractivity contribution in [1.82, 2.24) is 39.3 Å². The molecule has 4 heterocycles. The largest absolute Gasteiger partial charge is 0.365 e. The number of hydrogen-bond donors (Lipinski definition) is 1. The van der Waals surface area contributed by atoms with Gasteiger partial charge in [-0.3, -0.25) is 4.79 Å². The molecular weight excluding hydrogens is 430 g/mol. The molecule has 4 aromatic heterocycles. The summed E-state index contributed by atoms with van der Waals surface area (Å²) < 4.78 is 3.64. The lowest BCUT2D eigenvalue weighted by Crippen LogP contribution is -2.29. The van der Waals surface area contributed by atoms with Gasteiger partial charge in [0, 0.05) is 31.9 Å². The minimum Gasteiger partial charge on any atom is -0.365 e. The molecule has 1 atom stereocenters. The van der Waals surface area contributed by atoms with Gasteiger partial charge in [0.25, 0.3) is 0 Å². The van der Waals surface area contributed by atoms with Crippen LogP contribution >= 0.6 is 0 Å². The molecule has 1 aliphatic rings. The Labute approximate surface area is 197 Å². The average molecular weight is 460 g/mol. The normalized spacial score (nSPS) is 15.6. The van der Waals surface area contributed by atoms with Gasteiger partial charge in [0.1, 0.15) is 18.0 Å². The van der Waals surface area contributed by atoms with Gasteiger partial charge in [-0.2, -0.15) is 5.10 Å². The van der Waals surface area contributed by atoms with Gasteiger partial charge in [-0.1, -0.05) is 13.8 Å². The second-order valence-electron chi connectivity index (χ2n) is 9.07. The molecule has 0 bridgehead atoms. The number of hydrogen-bond acceptors (Lipinski definition) is 8. The number of carbonyl (C=O) groups is 1. The van der Waals surface area contributed by atoms with Gasteiger partial charge >= 0.3 is 0 Å². The SMILES string of the molecule is CCn1c(-c2cnc(C)nc2)nc2c(NC3CCc4c(c(C(C)C)nn4C(C)=O)C3)ncnc21. The number of nitrogens with zero attached hydrogens (tertiary/aromatic N) is 8. The van der Waals surface area contributed by atoms with Crippen LogP contribution in [0.3, 0.4) is 0 Å². The van der Waals surface area contributed by atoms with E-state index in [1.54, 1.807) is 30.3 Å². The smallest absolute Gasteiger partial charge is 0.243 e. The zero-order valence-electron chi connectivity index (χ0n) is 20.2. The number of anilines is 1. The Kier molecular flexibility index (Phi) is 5.59. The summed E-state index contributed by atoms with van der Waals surface area (Å²) in [5, 5.41) is 8.25. The van der Waals surface area contributed by atoms with Crippen molar-refractivity contribution >= 4 is 22.9 Å². The second kappa shape index (κ2) is 8.58. The Morgan fingerprint density at radius 2 is 1.97 bits per heavy atom. The molecule has 0 aromatic carbocycles. The number of fused-ring (bicyclic) bond motifs is 2. The van der Waals surface area contributed by atoms with Crippen LogP contribution in [0.25, 0.3) is 22.6 Å². The Balaban J connectivity index is 1.50. The lowest BCUT2D eigenvalue weighted by atomic mass is 9.89. The molecule has 10 nitrogen and oxygen atoms in total. The van der Waals surface area contributed by atoms with Crippen molar-refractivity contribution in [2.24, 2.45) is 0 Å². The number of aryl methyl sites for hydroxylation is 2. The first kappa shape index (κ1) is 22.1. The van der Waals surface area contributed by atoms with E-state index in [-0.39, 0.29) is 17.9 Å². The fourth-order valence-electron chi connectivity index (χ4n) is 4.75. The first-order chi connectivity index (χ1) is 16.4. The summed E-state index contributed by atoms with van der Waals surface area (Å²) in [4.78, 5) is 34.7. The molecule has 176 valence electrons. The van der Waals surface area contributed by atoms with Crippen LogP contribution in [-0.2, 0) is 19.4 Å². The van der Waals surface area contributed by atoms with E-state index < -0.39 is 0 Å². The Morgan fingerprint density at radius 1 is 1.21 bits per heavy atom. The standard InChI is InChI=1S/C24H29N9O/c1-6-32-23(16-10-25-14(4)26-11-16)30-21-22(27-12-28-24(21)32)29-17-7-8-19-18(9-17)20(13(2)3)31-33(19)15(5)34/h10-13,17H,6-9H2,1-5H3,(H,27,28,29). The molecule has 1 aliphatic carbocycles. The van der Waals surface area contributed by atoms with Crippen molar-refractivity contribution in [3.63, 3.8) is 0 Å². The Hall–Kier alpha value is -3.69. The van der Waals surface area contributed by atoms with Crippen LogP contribution in [0.4, 0.5) is 5.82 Å². The third-order valence-electron chi connectivity index (χ3n) is 6.37. The second-order valence-corrected chi connectivity index (χ2v) is 9.07. The zero-order valence-corrected chi connectivity index (χ0v) is 20.2. The van der Waals surface area contributed by atoms with E-state index in [0.29, 0.717) is 12.4 Å². The highest BCUT2D eigenvalue weighted by Crippen LogP contribution is 2.32. The molecule has 34 heavy (non-hydrogen) atoms. The van der Waals surface area contributed by atoms with Crippen LogP contribution in [0.2, 0.25) is 0 Å². The highest BCUT2D eigenvalue weighted by molar-refractivity contribution is 5.86. The Bertz CT molecular complexity index is 1370. The van der Waals surface area contributed by atoms with Gasteiger partial charge in [0.2, 0.25) is 5.91 Å². The van der Waals surface area contributed by atoms with Crippen molar-refractivity contribution in [3.8, 4) is 11.4 Å². The third kappa shape index (κ3) is 3.72. The topological polar surface area (TPSA) is 116 Å². The van der Waals surface area contributed by atoms with Gasteiger partial charge in [0.15, 0.2) is 17.0 Å². The molecule has 1 unspecified atom stereocenters. The summed E-state index contributed by atoms with van der Waals surface area (Å²) in [7, 11) is 0. The number of imidazole rings is 1. The third-order valence-corrected chi connectivity index (χ3v) is 6.37. The molecule has 0 amide bonds. The van der Waals surface area contributed by atoms with Crippen LogP contribution in [0.15, 0.2) is 18.7 Å². The van der Waals surface area contributed by atoms with E-state index in [4.69, 9.17) is 4.98 Å². The quantitative estimate of drug-likeness (QED) is 0.481. The van der Waals surface area contributed by atoms with Crippen LogP contribution in [-0.4, -0.2) is 51.2 Å². The van der Waals surface area contributed by atoms with E-state index in [1.165, 1.54) is 5.56 Å². The fourth-order valence-corrected chi connectivity index (χ4v) is 4.75. The van der Waals surface area contributed by atoms with Crippen LogP contribution in [0.1, 0.15) is 67.6 Å². The molecule has 0 radical (unpaired) electrons. The molecule has 0 spiro atoms. The lowest BCUT2D eigenvalue weighted by molar-refractivity contribution is 0.0916. The maximum absolute atomic E-state index is 12.1. The highest BCUT2D eigenvalue weighted by Gasteiger charge is 2.29. The van der Waals surface area contributed by atoms with Gasteiger partial charge in [-0.25, -0.2) is 29.6 Å². The van der Waals surface area contributed by atoms with Gasteiger partial charge in [0.05, 0.1) is 17.0 Å². The van der Waals surface area contributed by atoms with E-state index in [2.05, 4.69) is 55.7 Å². The van der Waals surface area contributed by atoms with Gasteiger partial charge < -0.3 is 9.88 Å². The van der Waals surface area contributed by atoms with Crippen molar-refractivity contribution < 1.29 is 4.79 Å². The maximum Gasteiger partial charge on any atom is 0.243 e. The maximum atomic E-state index is 12.1. The molecule has 0 fully saturated rings. The van der Waals surface area contributed by atoms with Crippen molar-refractivity contribution in [2.45, 2.75) is 72.4 Å². The lowest BCUT2D eigenvalue weighted by Gasteiger charge is -2.25. The van der Waals surface area contributed by atoms with E-state index in [0.717, 1.165) is 59.0 Å². The molecule has 0 saturated carbocycles. The molecule has 0 aliphatic heterocycles.